The Morgan fingerprint density at radius 3 is 2.67 bits per heavy atom. The van der Waals surface area contributed by atoms with Gasteiger partial charge in [-0.15, -0.1) is 0 Å². The molecule has 108 valence electrons. The second-order valence-corrected chi connectivity index (χ2v) is 4.85. The van der Waals surface area contributed by atoms with E-state index >= 15 is 0 Å². The van der Waals surface area contributed by atoms with E-state index in [4.69, 9.17) is 9.47 Å². The number of ether oxygens (including phenoxy) is 2. The van der Waals surface area contributed by atoms with E-state index in [2.05, 4.69) is 0 Å². The molecular weight excluding hydrogens is 272 g/mol. The molecule has 1 aliphatic carbocycles. The fraction of sp³-hybridized carbons (Fsp3) is 0.188. The van der Waals surface area contributed by atoms with E-state index in [1.807, 2.05) is 0 Å². The van der Waals surface area contributed by atoms with Crippen LogP contribution in [0.4, 0.5) is 0 Å². The molecule has 0 aromatic heterocycles. The molecular formula is C16H14O5. The number of aliphatic hydroxyl groups is 1. The lowest BCUT2D eigenvalue weighted by Crippen LogP contribution is -2.27. The van der Waals surface area contributed by atoms with Crippen LogP contribution in [-0.4, -0.2) is 35.5 Å². The molecule has 0 bridgehead atoms. The van der Waals surface area contributed by atoms with Gasteiger partial charge in [0.1, 0.15) is 18.1 Å². The van der Waals surface area contributed by atoms with Gasteiger partial charge < -0.3 is 19.7 Å². The first kappa shape index (κ1) is 13.6. The number of fused-ring (bicyclic) bond motifs is 1. The van der Waals surface area contributed by atoms with Crippen LogP contribution in [0.1, 0.15) is 10.4 Å². The van der Waals surface area contributed by atoms with Crippen molar-refractivity contribution in [2.45, 2.75) is 5.79 Å². The fourth-order valence-corrected chi connectivity index (χ4v) is 2.28. The van der Waals surface area contributed by atoms with Crippen molar-refractivity contribution in [2.24, 2.45) is 0 Å². The standard InChI is InChI=1S/C16H14O5/c1-20-16(19)6-4-10(5-7-16)13-9-21-14-8-11(17)2-3-12(14)15(13)18/h2-8,17,19H,9H2,1H3. The number of carbonyl (C=O) groups excluding carboxylic acids is 1. The van der Waals surface area contributed by atoms with Gasteiger partial charge in [0.25, 0.3) is 0 Å². The largest absolute Gasteiger partial charge is 0.508 e. The summed E-state index contributed by atoms with van der Waals surface area (Å²) in [5, 5.41) is 19.3. The molecule has 5 heteroatoms. The normalized spacial score (nSPS) is 24.0. The minimum absolute atomic E-state index is 0.0558. The van der Waals surface area contributed by atoms with Crippen molar-refractivity contribution in [3.63, 3.8) is 0 Å². The third kappa shape index (κ3) is 2.37. The summed E-state index contributed by atoms with van der Waals surface area (Å²) >= 11 is 0. The Morgan fingerprint density at radius 2 is 2.00 bits per heavy atom. The Morgan fingerprint density at radius 1 is 1.29 bits per heavy atom. The van der Waals surface area contributed by atoms with Crippen LogP contribution in [0.25, 0.3) is 0 Å². The van der Waals surface area contributed by atoms with Crippen LogP contribution < -0.4 is 4.74 Å². The topological polar surface area (TPSA) is 76.0 Å². The van der Waals surface area contributed by atoms with Gasteiger partial charge in [0.2, 0.25) is 5.79 Å². The van der Waals surface area contributed by atoms with Crippen LogP contribution in [0.15, 0.2) is 53.6 Å². The lowest BCUT2D eigenvalue weighted by Gasteiger charge is -2.24. The van der Waals surface area contributed by atoms with Crippen molar-refractivity contribution in [3.8, 4) is 11.5 Å². The van der Waals surface area contributed by atoms with E-state index in [0.29, 0.717) is 22.5 Å². The monoisotopic (exact) mass is 286 g/mol. The highest BCUT2D eigenvalue weighted by molar-refractivity contribution is 6.12. The van der Waals surface area contributed by atoms with Gasteiger partial charge in [0.05, 0.1) is 5.56 Å². The Kier molecular flexibility index (Phi) is 3.16. The summed E-state index contributed by atoms with van der Waals surface area (Å²) in [4.78, 5) is 12.5. The van der Waals surface area contributed by atoms with Crippen LogP contribution in [-0.2, 0) is 4.74 Å². The first-order chi connectivity index (χ1) is 10.0. The molecule has 0 spiro atoms. The van der Waals surface area contributed by atoms with Crippen LogP contribution in [0, 0.1) is 0 Å². The molecule has 0 unspecified atom stereocenters. The highest BCUT2D eigenvalue weighted by Gasteiger charge is 2.28. The molecule has 0 atom stereocenters. The molecule has 0 saturated carbocycles. The highest BCUT2D eigenvalue weighted by atomic mass is 16.6. The zero-order valence-corrected chi connectivity index (χ0v) is 11.4. The van der Waals surface area contributed by atoms with Gasteiger partial charge in [0, 0.05) is 18.7 Å². The smallest absolute Gasteiger partial charge is 0.205 e. The number of allylic oxidation sites excluding steroid dienone is 3. The zero-order valence-electron chi connectivity index (χ0n) is 11.4. The Hall–Kier alpha value is -2.37. The molecule has 5 nitrogen and oxygen atoms in total. The van der Waals surface area contributed by atoms with Crippen molar-refractivity contribution >= 4 is 5.78 Å². The summed E-state index contributed by atoms with van der Waals surface area (Å²) in [6.45, 7) is 0.116. The maximum absolute atomic E-state index is 12.5. The minimum Gasteiger partial charge on any atom is -0.508 e. The van der Waals surface area contributed by atoms with Gasteiger partial charge in [0.15, 0.2) is 5.78 Å². The second kappa shape index (κ2) is 4.87. The van der Waals surface area contributed by atoms with E-state index in [1.54, 1.807) is 12.2 Å². The second-order valence-electron chi connectivity index (χ2n) is 4.85. The first-order valence-corrected chi connectivity index (χ1v) is 6.42. The van der Waals surface area contributed by atoms with E-state index < -0.39 is 5.79 Å². The first-order valence-electron chi connectivity index (χ1n) is 6.42. The average molecular weight is 286 g/mol. The molecule has 2 aliphatic rings. The maximum Gasteiger partial charge on any atom is 0.205 e. The van der Waals surface area contributed by atoms with Crippen molar-refractivity contribution in [1.29, 1.82) is 0 Å². The van der Waals surface area contributed by atoms with Crippen LogP contribution >= 0.6 is 0 Å². The number of phenols is 1. The molecule has 3 rings (SSSR count). The number of hydrogen-bond donors (Lipinski definition) is 2. The molecule has 1 aromatic rings. The van der Waals surface area contributed by atoms with Gasteiger partial charge in [-0.25, -0.2) is 0 Å². The molecule has 0 radical (unpaired) electrons. The third-order valence-corrected chi connectivity index (χ3v) is 3.53. The van der Waals surface area contributed by atoms with E-state index in [1.165, 1.54) is 37.5 Å². The summed E-state index contributed by atoms with van der Waals surface area (Å²) in [6.07, 6.45) is 6.20. The van der Waals surface area contributed by atoms with Crippen molar-refractivity contribution in [3.05, 3.63) is 59.2 Å². The van der Waals surface area contributed by atoms with Crippen molar-refractivity contribution < 1.29 is 24.5 Å². The quantitative estimate of drug-likeness (QED) is 0.607. The lowest BCUT2D eigenvalue weighted by atomic mass is 9.93. The van der Waals surface area contributed by atoms with E-state index in [9.17, 15) is 15.0 Å². The number of aromatic hydroxyl groups is 1. The maximum atomic E-state index is 12.5. The van der Waals surface area contributed by atoms with Gasteiger partial charge in [-0.2, -0.15) is 0 Å². The molecule has 0 amide bonds. The van der Waals surface area contributed by atoms with Crippen molar-refractivity contribution in [2.75, 3.05) is 13.7 Å². The third-order valence-electron chi connectivity index (χ3n) is 3.53. The molecule has 0 saturated heterocycles. The number of methoxy groups -OCH3 is 1. The highest BCUT2D eigenvalue weighted by Crippen LogP contribution is 2.32. The fourth-order valence-electron chi connectivity index (χ4n) is 2.28. The number of ketones is 1. The number of hydrogen-bond acceptors (Lipinski definition) is 5. The van der Waals surface area contributed by atoms with Crippen LogP contribution in [0.5, 0.6) is 11.5 Å². The van der Waals surface area contributed by atoms with Crippen LogP contribution in [0.3, 0.4) is 0 Å². The van der Waals surface area contributed by atoms with Gasteiger partial charge in [-0.05, 0) is 29.9 Å². The summed E-state index contributed by atoms with van der Waals surface area (Å²) in [5.74, 6) is -1.16. The molecule has 1 heterocycles. The number of rotatable bonds is 1. The number of phenolic OH excluding ortho intramolecular Hbond substituents is 1. The molecule has 0 fully saturated rings. The Bertz CT molecular complexity index is 681. The molecule has 2 N–H and O–H groups in total. The Balaban J connectivity index is 1.98. The summed E-state index contributed by atoms with van der Waals surface area (Å²) < 4.78 is 10.4. The van der Waals surface area contributed by atoms with Crippen LogP contribution in [0.2, 0.25) is 0 Å². The minimum atomic E-state index is -1.44. The predicted molar refractivity (Wildman–Crippen MR) is 75.2 cm³/mol. The van der Waals surface area contributed by atoms with E-state index in [0.717, 1.165) is 0 Å². The van der Waals surface area contributed by atoms with Gasteiger partial charge in [-0.1, -0.05) is 12.2 Å². The average Bonchev–Trinajstić information content (AvgIpc) is 2.49. The molecule has 1 aromatic carbocycles. The number of Topliss-reactive ketones (excluding diaryl/α,β-unsaturated/α-hetero) is 1. The lowest BCUT2D eigenvalue weighted by molar-refractivity contribution is -0.106. The SMILES string of the molecule is COC1(O)C=CC(=C2COc3cc(O)ccc3C2=O)C=C1. The summed E-state index contributed by atoms with van der Waals surface area (Å²) in [7, 11) is 1.39. The van der Waals surface area contributed by atoms with Gasteiger partial charge >= 0.3 is 0 Å². The van der Waals surface area contributed by atoms with Gasteiger partial charge in [-0.3, -0.25) is 4.79 Å². The summed E-state index contributed by atoms with van der Waals surface area (Å²) in [5.41, 5.74) is 1.58. The van der Waals surface area contributed by atoms with Crippen molar-refractivity contribution in [1.82, 2.24) is 0 Å². The molecule has 1 aliphatic heterocycles. The van der Waals surface area contributed by atoms with E-state index in [-0.39, 0.29) is 18.1 Å². The zero-order chi connectivity index (χ0) is 15.0. The number of benzene rings is 1. The summed E-state index contributed by atoms with van der Waals surface area (Å²) in [6, 6.07) is 4.41. The number of carbonyl (C=O) groups is 1. The Labute approximate surface area is 121 Å². The molecule has 21 heavy (non-hydrogen) atoms. The predicted octanol–water partition coefficient (Wildman–Crippen LogP) is 1.72.